The number of carbonyl (C=O) groups excluding carboxylic acids is 1. The van der Waals surface area contributed by atoms with Gasteiger partial charge in [0.05, 0.1) is 0 Å². The average molecular weight is 408 g/mol. The summed E-state index contributed by atoms with van der Waals surface area (Å²) in [5, 5.41) is 1.03. The molecule has 1 amide bonds. The van der Waals surface area contributed by atoms with E-state index >= 15 is 0 Å². The Morgan fingerprint density at radius 1 is 1.15 bits per heavy atom. The van der Waals surface area contributed by atoms with Crippen molar-refractivity contribution in [2.45, 2.75) is 32.1 Å². The Labute approximate surface area is 169 Å². The molecular formula is C20H26ClN3O2S. The van der Waals surface area contributed by atoms with Crippen LogP contribution < -0.4 is 5.56 Å². The second-order valence-corrected chi connectivity index (χ2v) is 8.50. The summed E-state index contributed by atoms with van der Waals surface area (Å²) in [6, 6.07) is 6.24. The van der Waals surface area contributed by atoms with Gasteiger partial charge in [-0.25, -0.2) is 0 Å². The van der Waals surface area contributed by atoms with Gasteiger partial charge in [-0.2, -0.15) is 11.8 Å². The van der Waals surface area contributed by atoms with Crippen LogP contribution in [0.4, 0.5) is 0 Å². The summed E-state index contributed by atoms with van der Waals surface area (Å²) in [6.45, 7) is 7.80. The standard InChI is InChI=1S/C20H25N3O2S.ClH/c1-13(2)22-6-8-23(9-7-22)20(25)14-3-4-18-16(11-14)15-5-10-26-12-17(15)19(24)21-18;/h3-4,11,13H,5-10,12H2,1-2H3,(H,21,24);1H. The van der Waals surface area contributed by atoms with Gasteiger partial charge in [-0.3, -0.25) is 14.5 Å². The molecule has 1 N–H and O–H groups in total. The molecule has 0 saturated carbocycles. The Morgan fingerprint density at radius 3 is 2.59 bits per heavy atom. The van der Waals surface area contributed by atoms with Crippen molar-refractivity contribution < 1.29 is 4.79 Å². The molecule has 0 atom stereocenters. The molecule has 3 heterocycles. The third-order valence-electron chi connectivity index (χ3n) is 5.55. The summed E-state index contributed by atoms with van der Waals surface area (Å²) < 4.78 is 0. The summed E-state index contributed by atoms with van der Waals surface area (Å²) in [5.74, 6) is 1.89. The summed E-state index contributed by atoms with van der Waals surface area (Å²) in [7, 11) is 0. The number of rotatable bonds is 2. The predicted octanol–water partition coefficient (Wildman–Crippen LogP) is 2.91. The first-order valence-electron chi connectivity index (χ1n) is 9.33. The minimum absolute atomic E-state index is 0. The zero-order valence-corrected chi connectivity index (χ0v) is 17.4. The first kappa shape index (κ1) is 20.2. The van der Waals surface area contributed by atoms with E-state index in [1.54, 1.807) is 11.8 Å². The highest BCUT2D eigenvalue weighted by atomic mass is 35.5. The SMILES string of the molecule is CC(C)N1CCN(C(=O)c2ccc3[nH]c(=O)c4c(c3c2)CCSC4)CC1.Cl. The highest BCUT2D eigenvalue weighted by Gasteiger charge is 2.24. The Balaban J connectivity index is 0.00000210. The molecule has 0 unspecified atom stereocenters. The zero-order chi connectivity index (χ0) is 18.3. The number of nitrogens with zero attached hydrogens (tertiary/aromatic N) is 2. The van der Waals surface area contributed by atoms with Crippen molar-refractivity contribution in [1.82, 2.24) is 14.8 Å². The van der Waals surface area contributed by atoms with Gasteiger partial charge in [0.25, 0.3) is 11.5 Å². The lowest BCUT2D eigenvalue weighted by atomic mass is 9.99. The second kappa shape index (κ2) is 8.25. The van der Waals surface area contributed by atoms with Crippen LogP contribution in [0.2, 0.25) is 0 Å². The number of hydrogen-bond acceptors (Lipinski definition) is 4. The van der Waals surface area contributed by atoms with Crippen LogP contribution in [0.25, 0.3) is 10.9 Å². The summed E-state index contributed by atoms with van der Waals surface area (Å²) in [6.07, 6.45) is 0.894. The van der Waals surface area contributed by atoms with Gasteiger partial charge in [-0.15, -0.1) is 12.4 Å². The third kappa shape index (κ3) is 3.89. The number of aryl methyl sites for hydroxylation is 1. The van der Waals surface area contributed by atoms with Gasteiger partial charge in [0.15, 0.2) is 0 Å². The van der Waals surface area contributed by atoms with Crippen molar-refractivity contribution in [1.29, 1.82) is 0 Å². The van der Waals surface area contributed by atoms with E-state index in [0.29, 0.717) is 6.04 Å². The minimum atomic E-state index is 0. The first-order chi connectivity index (χ1) is 12.5. The van der Waals surface area contributed by atoms with Crippen LogP contribution in [0.5, 0.6) is 0 Å². The fraction of sp³-hybridized carbons (Fsp3) is 0.500. The van der Waals surface area contributed by atoms with Crippen LogP contribution in [0, 0.1) is 0 Å². The number of nitrogens with one attached hydrogen (secondary N) is 1. The monoisotopic (exact) mass is 407 g/mol. The number of hydrogen-bond donors (Lipinski definition) is 1. The van der Waals surface area contributed by atoms with Crippen molar-refractivity contribution in [3.05, 3.63) is 45.2 Å². The maximum absolute atomic E-state index is 13.0. The summed E-state index contributed by atoms with van der Waals surface area (Å²) in [4.78, 5) is 32.6. The molecule has 2 aliphatic heterocycles. The highest BCUT2D eigenvalue weighted by Crippen LogP contribution is 2.28. The number of thioether (sulfide) groups is 1. The molecule has 0 radical (unpaired) electrons. The number of piperazine rings is 1. The summed E-state index contributed by atoms with van der Waals surface area (Å²) >= 11 is 1.80. The van der Waals surface area contributed by atoms with Crippen molar-refractivity contribution in [2.24, 2.45) is 0 Å². The van der Waals surface area contributed by atoms with Crippen LogP contribution >= 0.6 is 24.2 Å². The molecule has 4 rings (SSSR count). The first-order valence-corrected chi connectivity index (χ1v) is 10.5. The molecule has 2 aliphatic rings. The van der Waals surface area contributed by atoms with Gasteiger partial charge in [-0.05, 0) is 49.8 Å². The molecule has 0 bridgehead atoms. The molecule has 2 aromatic rings. The number of aromatic amines is 1. The maximum Gasteiger partial charge on any atom is 0.253 e. The largest absolute Gasteiger partial charge is 0.336 e. The van der Waals surface area contributed by atoms with Gasteiger partial charge in [0.1, 0.15) is 0 Å². The van der Waals surface area contributed by atoms with Gasteiger partial charge >= 0.3 is 0 Å². The number of benzene rings is 1. The average Bonchev–Trinajstić information content (AvgIpc) is 2.67. The number of carbonyl (C=O) groups is 1. The van der Waals surface area contributed by atoms with E-state index in [-0.39, 0.29) is 23.9 Å². The van der Waals surface area contributed by atoms with Crippen molar-refractivity contribution >= 4 is 41.0 Å². The van der Waals surface area contributed by atoms with E-state index in [1.165, 1.54) is 0 Å². The van der Waals surface area contributed by atoms with Crippen molar-refractivity contribution in [2.75, 3.05) is 31.9 Å². The zero-order valence-electron chi connectivity index (χ0n) is 15.8. The molecule has 1 fully saturated rings. The number of halogens is 1. The van der Waals surface area contributed by atoms with Gasteiger partial charge in [-0.1, -0.05) is 0 Å². The number of amides is 1. The fourth-order valence-electron chi connectivity index (χ4n) is 3.94. The van der Waals surface area contributed by atoms with Gasteiger partial charge < -0.3 is 9.88 Å². The lowest BCUT2D eigenvalue weighted by molar-refractivity contribution is 0.0595. The maximum atomic E-state index is 13.0. The quantitative estimate of drug-likeness (QED) is 0.831. The van der Waals surface area contributed by atoms with Crippen LogP contribution in [-0.4, -0.2) is 58.7 Å². The van der Waals surface area contributed by atoms with Crippen molar-refractivity contribution in [3.63, 3.8) is 0 Å². The van der Waals surface area contributed by atoms with E-state index in [2.05, 4.69) is 23.7 Å². The Bertz CT molecular complexity index is 904. The van der Waals surface area contributed by atoms with Crippen molar-refractivity contribution in [3.8, 4) is 0 Å². The van der Waals surface area contributed by atoms with E-state index in [1.807, 2.05) is 23.1 Å². The molecule has 0 aliphatic carbocycles. The van der Waals surface area contributed by atoms with Crippen LogP contribution in [0.15, 0.2) is 23.0 Å². The lowest BCUT2D eigenvalue weighted by Gasteiger charge is -2.37. The fourth-order valence-corrected chi connectivity index (χ4v) is 4.95. The third-order valence-corrected chi connectivity index (χ3v) is 6.54. The highest BCUT2D eigenvalue weighted by molar-refractivity contribution is 7.98. The number of fused-ring (bicyclic) bond motifs is 3. The second-order valence-electron chi connectivity index (χ2n) is 7.40. The number of aromatic nitrogens is 1. The van der Waals surface area contributed by atoms with E-state index < -0.39 is 0 Å². The topological polar surface area (TPSA) is 56.4 Å². The van der Waals surface area contributed by atoms with Gasteiger partial charge in [0.2, 0.25) is 0 Å². The Kier molecular flexibility index (Phi) is 6.18. The van der Waals surface area contributed by atoms with E-state index in [0.717, 1.165) is 71.7 Å². The smallest absolute Gasteiger partial charge is 0.253 e. The molecule has 1 aromatic heterocycles. The van der Waals surface area contributed by atoms with Crippen LogP contribution in [0.3, 0.4) is 0 Å². The minimum Gasteiger partial charge on any atom is -0.336 e. The predicted molar refractivity (Wildman–Crippen MR) is 114 cm³/mol. The molecule has 1 saturated heterocycles. The molecular weight excluding hydrogens is 382 g/mol. The molecule has 1 aromatic carbocycles. The molecule has 27 heavy (non-hydrogen) atoms. The number of pyridine rings is 1. The molecule has 146 valence electrons. The van der Waals surface area contributed by atoms with Crippen LogP contribution in [-0.2, 0) is 12.2 Å². The summed E-state index contributed by atoms with van der Waals surface area (Å²) in [5.41, 5.74) is 3.58. The number of H-pyrrole nitrogens is 1. The molecule has 0 spiro atoms. The van der Waals surface area contributed by atoms with Crippen LogP contribution in [0.1, 0.15) is 35.3 Å². The lowest BCUT2D eigenvalue weighted by Crippen LogP contribution is -2.50. The molecule has 7 heteroatoms. The Hall–Kier alpha value is -1.50. The van der Waals surface area contributed by atoms with E-state index in [4.69, 9.17) is 0 Å². The Morgan fingerprint density at radius 2 is 1.89 bits per heavy atom. The molecule has 5 nitrogen and oxygen atoms in total. The van der Waals surface area contributed by atoms with E-state index in [9.17, 15) is 9.59 Å². The normalized spacial score (nSPS) is 17.7. The van der Waals surface area contributed by atoms with Gasteiger partial charge in [0, 0.05) is 60.0 Å².